The smallest absolute Gasteiger partial charge is 0.166 e. The summed E-state index contributed by atoms with van der Waals surface area (Å²) in [5.74, 6) is -8.27. The van der Waals surface area contributed by atoms with Gasteiger partial charge in [0.15, 0.2) is 17.3 Å². The predicted octanol–water partition coefficient (Wildman–Crippen LogP) is 4.36. The number of likely N-dealkylation sites (tertiary alicyclic amines) is 1. The van der Waals surface area contributed by atoms with Gasteiger partial charge in [-0.05, 0) is 67.6 Å². The van der Waals surface area contributed by atoms with Crippen LogP contribution in [-0.2, 0) is 12.9 Å². The van der Waals surface area contributed by atoms with Crippen molar-refractivity contribution in [1.29, 1.82) is 0 Å². The molecule has 1 unspecified atom stereocenters. The van der Waals surface area contributed by atoms with Gasteiger partial charge in [-0.3, -0.25) is 9.69 Å². The maximum Gasteiger partial charge on any atom is 0.166 e. The highest BCUT2D eigenvalue weighted by Gasteiger charge is 2.34. The van der Waals surface area contributed by atoms with Crippen LogP contribution in [0.15, 0.2) is 42.5 Å². The Balaban J connectivity index is 1.99. The van der Waals surface area contributed by atoms with Gasteiger partial charge in [0.2, 0.25) is 0 Å². The van der Waals surface area contributed by atoms with Crippen molar-refractivity contribution in [2.24, 2.45) is 11.8 Å². The summed E-state index contributed by atoms with van der Waals surface area (Å²) in [6, 6.07) is 8.56. The first kappa shape index (κ1) is 8.19. The molecule has 1 aliphatic carbocycles. The molecule has 28 heavy (non-hydrogen) atoms. The Bertz CT molecular complexity index is 1420. The number of hydrogen-bond acceptors (Lipinski definition) is 4. The lowest BCUT2D eigenvalue weighted by molar-refractivity contribution is 0.0895. The molecule has 0 spiro atoms. The molecular weight excluding hydrogens is 350 g/mol. The second kappa shape index (κ2) is 8.36. The first-order valence-electron chi connectivity index (χ1n) is 16.0. The van der Waals surface area contributed by atoms with Crippen molar-refractivity contribution in [3.8, 4) is 11.5 Å². The van der Waals surface area contributed by atoms with Crippen LogP contribution in [0.1, 0.15) is 61.2 Å². The molecule has 1 saturated heterocycles. The summed E-state index contributed by atoms with van der Waals surface area (Å²) < 4.78 is 142. The number of fused-ring (bicyclic) bond motifs is 1. The van der Waals surface area contributed by atoms with Crippen LogP contribution in [0.25, 0.3) is 0 Å². The van der Waals surface area contributed by atoms with Gasteiger partial charge in [-0.15, -0.1) is 0 Å². The number of piperidine rings is 1. The van der Waals surface area contributed by atoms with Crippen LogP contribution in [0, 0.1) is 11.8 Å². The SMILES string of the molecule is [2H]C1([2H])c2cc(OC)c(OC)cc2C(=O)C1C([2H])([2H])C1([2H])C([2H])([2H])C([2H])([2H])N(C([2H])([2H])c2ccccc2)C([2H])([2H])C1([2H])[2H]. The minimum Gasteiger partial charge on any atom is -0.493 e. The van der Waals surface area contributed by atoms with Gasteiger partial charge >= 0.3 is 0 Å². The maximum absolute atomic E-state index is 13.7. The van der Waals surface area contributed by atoms with Crippen LogP contribution in [0.5, 0.6) is 11.5 Å². The van der Waals surface area contributed by atoms with E-state index in [4.69, 9.17) is 30.0 Å². The molecule has 2 aromatic rings. The second-order valence-electron chi connectivity index (χ2n) is 6.00. The number of ether oxygens (including phenoxy) is 2. The quantitative estimate of drug-likeness (QED) is 0.730. The molecule has 0 aromatic heterocycles. The molecule has 4 nitrogen and oxygen atoms in total. The van der Waals surface area contributed by atoms with E-state index in [9.17, 15) is 4.79 Å². The summed E-state index contributed by atoms with van der Waals surface area (Å²) >= 11 is 0. The fourth-order valence-corrected chi connectivity index (χ4v) is 2.88. The molecule has 0 saturated carbocycles. The Hall–Kier alpha value is -2.33. The minimum atomic E-state index is -4.20. The van der Waals surface area contributed by atoms with E-state index in [1.807, 2.05) is 0 Å². The molecule has 2 aromatic carbocycles. The van der Waals surface area contributed by atoms with Crippen LogP contribution in [0.2, 0.25) is 0 Å². The van der Waals surface area contributed by atoms with E-state index < -0.39 is 73.7 Å². The highest BCUT2D eigenvalue weighted by atomic mass is 16.5. The fraction of sp³-hybridized carbons (Fsp3) is 0.458. The Morgan fingerprint density at radius 1 is 1.14 bits per heavy atom. The number of benzene rings is 2. The zero-order valence-corrected chi connectivity index (χ0v) is 15.3. The normalized spacial score (nSPS) is 39.3. The molecule has 0 radical (unpaired) electrons. The third-order valence-corrected chi connectivity index (χ3v) is 4.24. The molecule has 1 aliphatic heterocycles. The van der Waals surface area contributed by atoms with E-state index in [-0.39, 0.29) is 22.0 Å². The van der Waals surface area contributed by atoms with Gasteiger partial charge in [0.1, 0.15) is 0 Å². The molecule has 1 atom stereocenters. The van der Waals surface area contributed by atoms with E-state index in [0.29, 0.717) is 0 Å². The highest BCUT2D eigenvalue weighted by molar-refractivity contribution is 6.02. The van der Waals surface area contributed by atoms with Crippen molar-refractivity contribution < 1.29 is 34.8 Å². The lowest BCUT2D eigenvalue weighted by atomic mass is 9.85. The number of ketones is 1. The van der Waals surface area contributed by atoms with Crippen LogP contribution in [0.4, 0.5) is 0 Å². The first-order valence-corrected chi connectivity index (χ1v) is 8.53. The summed E-state index contributed by atoms with van der Waals surface area (Å²) in [4.78, 5) is 13.4. The molecule has 0 bridgehead atoms. The Morgan fingerprint density at radius 2 is 1.82 bits per heavy atom. The monoisotopic (exact) mass is 394 g/mol. The molecule has 1 fully saturated rings. The van der Waals surface area contributed by atoms with Gasteiger partial charge in [-0.2, -0.15) is 0 Å². The molecule has 148 valence electrons. The topological polar surface area (TPSA) is 38.8 Å². The van der Waals surface area contributed by atoms with Crippen molar-refractivity contribution in [2.75, 3.05) is 27.2 Å². The van der Waals surface area contributed by atoms with E-state index in [1.54, 1.807) is 0 Å². The van der Waals surface area contributed by atoms with Gasteiger partial charge < -0.3 is 9.47 Å². The van der Waals surface area contributed by atoms with Crippen LogP contribution in [-0.4, -0.2) is 37.9 Å². The average molecular weight is 395 g/mol. The van der Waals surface area contributed by atoms with E-state index in [1.165, 1.54) is 32.4 Å². The number of methoxy groups -OCH3 is 2. The lowest BCUT2D eigenvalue weighted by Gasteiger charge is -2.32. The number of hydrogen-bond donors (Lipinski definition) is 0. The Kier molecular flexibility index (Phi) is 2.44. The largest absolute Gasteiger partial charge is 0.493 e. The van der Waals surface area contributed by atoms with Crippen molar-refractivity contribution in [3.05, 3.63) is 59.2 Å². The van der Waals surface area contributed by atoms with E-state index >= 15 is 0 Å². The van der Waals surface area contributed by atoms with Crippen molar-refractivity contribution >= 4 is 5.78 Å². The summed E-state index contributed by atoms with van der Waals surface area (Å²) in [6.07, 6.45) is -15.3. The molecule has 1 heterocycles. The van der Waals surface area contributed by atoms with Crippen LogP contribution in [0.3, 0.4) is 0 Å². The fourth-order valence-electron chi connectivity index (χ4n) is 2.88. The van der Waals surface area contributed by atoms with Crippen molar-refractivity contribution in [3.63, 3.8) is 0 Å². The molecule has 4 rings (SSSR count). The number of nitrogens with zero attached hydrogens (tertiary/aromatic N) is 1. The van der Waals surface area contributed by atoms with Crippen LogP contribution >= 0.6 is 0 Å². The summed E-state index contributed by atoms with van der Waals surface area (Å²) in [5, 5.41) is 0. The third kappa shape index (κ3) is 3.93. The van der Waals surface area contributed by atoms with E-state index in [2.05, 4.69) is 0 Å². The standard InChI is InChI=1S/C24H29NO3/c1-27-22-14-19-13-20(24(26)21(19)15-23(22)28-2)12-17-8-10-25(11-9-17)16-18-6-4-3-5-7-18/h3-7,14-15,17,20H,8-13,16H2,1-2H3/i8D2,9D2,10D2,11D2,12D2,13D2,16D2,17D. The summed E-state index contributed by atoms with van der Waals surface area (Å²) in [7, 11) is 2.45. The molecule has 0 N–H and O–H groups in total. The molecule has 0 amide bonds. The zero-order valence-electron chi connectivity index (χ0n) is 30.3. The highest BCUT2D eigenvalue weighted by Crippen LogP contribution is 2.39. The maximum atomic E-state index is 13.7. The first-order chi connectivity index (χ1) is 19.4. The van der Waals surface area contributed by atoms with E-state index in [0.717, 1.165) is 24.3 Å². The van der Waals surface area contributed by atoms with Gasteiger partial charge in [-0.1, -0.05) is 30.3 Å². The van der Waals surface area contributed by atoms with Crippen LogP contribution < -0.4 is 9.47 Å². The molecule has 2 aliphatic rings. The van der Waals surface area contributed by atoms with Crippen molar-refractivity contribution in [1.82, 2.24) is 4.90 Å². The number of carbonyl (C=O) groups excluding carboxylic acids is 1. The summed E-state index contributed by atoms with van der Waals surface area (Å²) in [5.41, 5.74) is -1.24. The van der Waals surface area contributed by atoms with Gasteiger partial charge in [0, 0.05) is 38.5 Å². The Labute approximate surface area is 188 Å². The molecular formula is C24H29NO3. The number of rotatable bonds is 6. The molecule has 4 heteroatoms. The summed E-state index contributed by atoms with van der Waals surface area (Å²) in [6.45, 7) is -11.2. The third-order valence-electron chi connectivity index (χ3n) is 4.24. The predicted molar refractivity (Wildman–Crippen MR) is 110 cm³/mol. The van der Waals surface area contributed by atoms with Gasteiger partial charge in [0.05, 0.1) is 14.2 Å². The Morgan fingerprint density at radius 3 is 2.50 bits per heavy atom. The lowest BCUT2D eigenvalue weighted by Crippen LogP contribution is -2.34. The minimum absolute atomic E-state index is 0.0398. The van der Waals surface area contributed by atoms with Gasteiger partial charge in [-0.25, -0.2) is 0 Å². The van der Waals surface area contributed by atoms with Crippen molar-refractivity contribution in [2.45, 2.75) is 32.0 Å². The number of Topliss-reactive ketones (excluding diaryl/α,β-unsaturated/α-hetero) is 1. The second-order valence-corrected chi connectivity index (χ2v) is 6.00. The number of carbonyl (C=O) groups is 1. The zero-order chi connectivity index (χ0) is 33.0. The average Bonchev–Trinajstić information content (AvgIpc) is 3.10. The van der Waals surface area contributed by atoms with Gasteiger partial charge in [0.25, 0.3) is 0 Å².